The summed E-state index contributed by atoms with van der Waals surface area (Å²) in [5.74, 6) is -0.297. The van der Waals surface area contributed by atoms with Gasteiger partial charge in [0.1, 0.15) is 0 Å². The molecule has 0 aromatic heterocycles. The zero-order chi connectivity index (χ0) is 12.0. The molecular formula is C9H13NO5. The monoisotopic (exact) mass is 215 g/mol. The third-order valence-corrected chi connectivity index (χ3v) is 1.78. The molecule has 0 aliphatic carbocycles. The zero-order valence-electron chi connectivity index (χ0n) is 8.56. The minimum absolute atomic E-state index is 0.125. The lowest BCUT2D eigenvalue weighted by Crippen LogP contribution is -2.30. The lowest BCUT2D eigenvalue weighted by atomic mass is 10.2. The first kappa shape index (κ1) is 13.2. The maximum Gasteiger partial charge on any atom is 0.503 e. The summed E-state index contributed by atoms with van der Waals surface area (Å²) in [6, 6.07) is 0. The molecule has 15 heavy (non-hydrogen) atoms. The SMILES string of the molecule is CCC1=CC(=O)N(CC)C1=O.O=C(O)O. The van der Waals surface area contributed by atoms with Gasteiger partial charge in [0.2, 0.25) is 0 Å². The Morgan fingerprint density at radius 2 is 1.80 bits per heavy atom. The molecule has 0 spiro atoms. The van der Waals surface area contributed by atoms with E-state index in [-0.39, 0.29) is 11.8 Å². The number of imide groups is 1. The second kappa shape index (κ2) is 5.79. The second-order valence-corrected chi connectivity index (χ2v) is 2.69. The van der Waals surface area contributed by atoms with Crippen LogP contribution in [0.25, 0.3) is 0 Å². The summed E-state index contributed by atoms with van der Waals surface area (Å²) in [4.78, 5) is 32.0. The third-order valence-electron chi connectivity index (χ3n) is 1.78. The molecular weight excluding hydrogens is 202 g/mol. The number of likely N-dealkylation sites (N-methyl/N-ethyl adjacent to an activating group) is 1. The number of carboxylic acid groups (broad SMARTS) is 2. The van der Waals surface area contributed by atoms with E-state index in [0.717, 1.165) is 0 Å². The normalized spacial score (nSPS) is 14.5. The van der Waals surface area contributed by atoms with Crippen molar-refractivity contribution in [2.45, 2.75) is 20.3 Å². The molecule has 0 aromatic rings. The fourth-order valence-electron chi connectivity index (χ4n) is 1.11. The molecule has 2 N–H and O–H groups in total. The maximum absolute atomic E-state index is 11.2. The van der Waals surface area contributed by atoms with Crippen LogP contribution in [-0.2, 0) is 9.59 Å². The van der Waals surface area contributed by atoms with Crippen LogP contribution >= 0.6 is 0 Å². The Labute approximate surface area is 86.8 Å². The number of nitrogens with zero attached hydrogens (tertiary/aromatic N) is 1. The van der Waals surface area contributed by atoms with Crippen molar-refractivity contribution >= 4 is 18.0 Å². The first-order valence-electron chi connectivity index (χ1n) is 4.42. The van der Waals surface area contributed by atoms with Gasteiger partial charge in [0.25, 0.3) is 11.8 Å². The summed E-state index contributed by atoms with van der Waals surface area (Å²) >= 11 is 0. The molecule has 0 atom stereocenters. The van der Waals surface area contributed by atoms with Gasteiger partial charge in [0.05, 0.1) is 0 Å². The predicted octanol–water partition coefficient (Wildman–Crippen LogP) is 0.934. The predicted molar refractivity (Wildman–Crippen MR) is 51.4 cm³/mol. The van der Waals surface area contributed by atoms with Crippen molar-refractivity contribution < 1.29 is 24.6 Å². The maximum atomic E-state index is 11.2. The number of hydrogen-bond donors (Lipinski definition) is 2. The Bertz CT molecular complexity index is 304. The minimum Gasteiger partial charge on any atom is -0.450 e. The molecule has 1 aliphatic rings. The van der Waals surface area contributed by atoms with E-state index in [4.69, 9.17) is 15.0 Å². The number of amides is 2. The Balaban J connectivity index is 0.000000423. The standard InChI is InChI=1S/C8H11NO2.CH2O3/c1-3-6-5-7(10)9(4-2)8(6)11;2-1(3)4/h5H,3-4H2,1-2H3;(H2,2,3,4). The van der Waals surface area contributed by atoms with Crippen LogP contribution in [-0.4, -0.2) is 39.6 Å². The fraction of sp³-hybridized carbons (Fsp3) is 0.444. The van der Waals surface area contributed by atoms with Gasteiger partial charge < -0.3 is 10.2 Å². The van der Waals surface area contributed by atoms with Crippen LogP contribution < -0.4 is 0 Å². The van der Waals surface area contributed by atoms with Gasteiger partial charge >= 0.3 is 6.16 Å². The van der Waals surface area contributed by atoms with E-state index in [2.05, 4.69) is 0 Å². The van der Waals surface area contributed by atoms with Crippen molar-refractivity contribution in [3.05, 3.63) is 11.6 Å². The molecule has 0 bridgehead atoms. The first-order valence-corrected chi connectivity index (χ1v) is 4.42. The molecule has 0 unspecified atom stereocenters. The lowest BCUT2D eigenvalue weighted by molar-refractivity contribution is -0.136. The van der Waals surface area contributed by atoms with Gasteiger partial charge in [-0.3, -0.25) is 14.5 Å². The van der Waals surface area contributed by atoms with E-state index in [1.807, 2.05) is 6.92 Å². The molecule has 1 heterocycles. The van der Waals surface area contributed by atoms with Gasteiger partial charge in [0, 0.05) is 18.2 Å². The molecule has 6 nitrogen and oxygen atoms in total. The van der Waals surface area contributed by atoms with Crippen LogP contribution in [0.3, 0.4) is 0 Å². The smallest absolute Gasteiger partial charge is 0.450 e. The van der Waals surface area contributed by atoms with Crippen molar-refractivity contribution in [3.63, 3.8) is 0 Å². The van der Waals surface area contributed by atoms with Gasteiger partial charge in [0.15, 0.2) is 0 Å². The minimum atomic E-state index is -1.83. The Morgan fingerprint density at radius 1 is 1.33 bits per heavy atom. The molecule has 84 valence electrons. The molecule has 0 saturated heterocycles. The number of carbonyl (C=O) groups is 3. The van der Waals surface area contributed by atoms with Crippen LogP contribution in [0.15, 0.2) is 11.6 Å². The number of hydrogen-bond acceptors (Lipinski definition) is 3. The summed E-state index contributed by atoms with van der Waals surface area (Å²) in [5.41, 5.74) is 0.622. The highest BCUT2D eigenvalue weighted by molar-refractivity contribution is 6.16. The van der Waals surface area contributed by atoms with Crippen LogP contribution in [0.1, 0.15) is 20.3 Å². The summed E-state index contributed by atoms with van der Waals surface area (Å²) in [6.07, 6.45) is 0.229. The molecule has 1 rings (SSSR count). The Kier molecular flexibility index (Phi) is 5.08. The lowest BCUT2D eigenvalue weighted by Gasteiger charge is -2.10. The van der Waals surface area contributed by atoms with Crippen LogP contribution in [0, 0.1) is 0 Å². The summed E-state index contributed by atoms with van der Waals surface area (Å²) in [6.45, 7) is 4.14. The van der Waals surface area contributed by atoms with Crippen molar-refractivity contribution in [2.24, 2.45) is 0 Å². The number of carbonyl (C=O) groups excluding carboxylic acids is 2. The highest BCUT2D eigenvalue weighted by atomic mass is 16.6. The van der Waals surface area contributed by atoms with Crippen LogP contribution in [0.5, 0.6) is 0 Å². The topological polar surface area (TPSA) is 94.9 Å². The fourth-order valence-corrected chi connectivity index (χ4v) is 1.11. The first-order chi connectivity index (χ1) is 6.93. The van der Waals surface area contributed by atoms with Crippen molar-refractivity contribution in [1.29, 1.82) is 0 Å². The van der Waals surface area contributed by atoms with E-state index in [9.17, 15) is 9.59 Å². The highest BCUT2D eigenvalue weighted by Crippen LogP contribution is 2.14. The molecule has 0 aromatic carbocycles. The molecule has 0 radical (unpaired) electrons. The third kappa shape index (κ3) is 3.80. The molecule has 6 heteroatoms. The largest absolute Gasteiger partial charge is 0.503 e. The van der Waals surface area contributed by atoms with Gasteiger partial charge in [-0.2, -0.15) is 0 Å². The quantitative estimate of drug-likeness (QED) is 0.668. The molecule has 0 saturated carbocycles. The van der Waals surface area contributed by atoms with Gasteiger partial charge in [-0.05, 0) is 13.3 Å². The Morgan fingerprint density at radius 3 is 2.00 bits per heavy atom. The van der Waals surface area contributed by atoms with E-state index >= 15 is 0 Å². The second-order valence-electron chi connectivity index (χ2n) is 2.69. The van der Waals surface area contributed by atoms with E-state index in [1.165, 1.54) is 11.0 Å². The van der Waals surface area contributed by atoms with Crippen molar-refractivity contribution in [2.75, 3.05) is 6.54 Å². The van der Waals surface area contributed by atoms with E-state index < -0.39 is 6.16 Å². The van der Waals surface area contributed by atoms with Gasteiger partial charge in [-0.1, -0.05) is 6.92 Å². The Hall–Kier alpha value is -1.85. The van der Waals surface area contributed by atoms with Gasteiger partial charge in [-0.15, -0.1) is 0 Å². The van der Waals surface area contributed by atoms with Gasteiger partial charge in [-0.25, -0.2) is 4.79 Å². The van der Waals surface area contributed by atoms with Crippen molar-refractivity contribution in [3.8, 4) is 0 Å². The molecule has 1 aliphatic heterocycles. The van der Waals surface area contributed by atoms with E-state index in [1.54, 1.807) is 6.92 Å². The zero-order valence-corrected chi connectivity index (χ0v) is 8.56. The highest BCUT2D eigenvalue weighted by Gasteiger charge is 2.27. The summed E-state index contributed by atoms with van der Waals surface area (Å²) in [5, 5.41) is 13.9. The summed E-state index contributed by atoms with van der Waals surface area (Å²) in [7, 11) is 0. The van der Waals surface area contributed by atoms with Crippen molar-refractivity contribution in [1.82, 2.24) is 4.90 Å². The molecule has 0 fully saturated rings. The van der Waals surface area contributed by atoms with Crippen LogP contribution in [0.4, 0.5) is 4.79 Å². The summed E-state index contributed by atoms with van der Waals surface area (Å²) < 4.78 is 0. The van der Waals surface area contributed by atoms with E-state index in [0.29, 0.717) is 18.5 Å². The number of rotatable bonds is 2. The van der Waals surface area contributed by atoms with Crippen LogP contribution in [0.2, 0.25) is 0 Å². The average molecular weight is 215 g/mol. The molecule has 2 amide bonds. The average Bonchev–Trinajstić information content (AvgIpc) is 2.40.